The van der Waals surface area contributed by atoms with Crippen molar-refractivity contribution in [2.45, 2.75) is 19.3 Å². The number of methoxy groups -OCH3 is 1. The van der Waals surface area contributed by atoms with Gasteiger partial charge in [0, 0.05) is 18.0 Å². The fourth-order valence-corrected chi connectivity index (χ4v) is 5.18. The van der Waals surface area contributed by atoms with Crippen LogP contribution in [0.3, 0.4) is 0 Å². The highest BCUT2D eigenvalue weighted by atomic mass is 32.1. The highest BCUT2D eigenvalue weighted by Crippen LogP contribution is 2.47. The predicted octanol–water partition coefficient (Wildman–Crippen LogP) is 4.52. The minimum atomic E-state index is -0.208. The number of ether oxygens (including phenoxy) is 3. The second-order valence-electron chi connectivity index (χ2n) is 7.40. The zero-order chi connectivity index (χ0) is 21.5. The molecule has 0 aliphatic carbocycles. The third-order valence-corrected chi connectivity index (χ3v) is 6.76. The monoisotopic (exact) mass is 436 g/mol. The van der Waals surface area contributed by atoms with Crippen molar-refractivity contribution in [3.63, 3.8) is 0 Å². The van der Waals surface area contributed by atoms with E-state index in [1.54, 1.807) is 31.4 Å². The van der Waals surface area contributed by atoms with Gasteiger partial charge in [-0.05, 0) is 60.0 Å². The largest absolute Gasteiger partial charge is 0.497 e. The molecule has 0 fully saturated rings. The summed E-state index contributed by atoms with van der Waals surface area (Å²) in [7, 11) is 1.60. The van der Waals surface area contributed by atoms with Gasteiger partial charge in [0.15, 0.2) is 11.5 Å². The van der Waals surface area contributed by atoms with Gasteiger partial charge in [-0.25, -0.2) is 0 Å². The van der Waals surface area contributed by atoms with Crippen molar-refractivity contribution in [3.8, 4) is 17.2 Å². The first-order valence-corrected chi connectivity index (χ1v) is 10.6. The Hall–Kier alpha value is -3.52. The summed E-state index contributed by atoms with van der Waals surface area (Å²) in [5.41, 5.74) is 3.48. The summed E-state index contributed by atoms with van der Waals surface area (Å²) in [4.78, 5) is 26.0. The molecule has 2 aliphatic rings. The molecule has 7 nitrogen and oxygen atoms in total. The fraction of sp³-hybridized carbons (Fsp3) is 0.217. The summed E-state index contributed by atoms with van der Waals surface area (Å²) in [5, 5.41) is 6.58. The molecule has 0 saturated carbocycles. The van der Waals surface area contributed by atoms with Gasteiger partial charge in [-0.2, -0.15) is 0 Å². The van der Waals surface area contributed by atoms with E-state index in [2.05, 4.69) is 10.6 Å². The van der Waals surface area contributed by atoms with E-state index in [1.807, 2.05) is 25.1 Å². The Morgan fingerprint density at radius 3 is 2.71 bits per heavy atom. The molecule has 0 spiro atoms. The number of hydrogen-bond acceptors (Lipinski definition) is 6. The summed E-state index contributed by atoms with van der Waals surface area (Å²) in [6.07, 6.45) is 0.309. The van der Waals surface area contributed by atoms with Crippen molar-refractivity contribution in [1.29, 1.82) is 0 Å². The number of nitrogens with one attached hydrogen (secondary N) is 2. The number of carbonyl (C=O) groups excluding carboxylic acids is 2. The van der Waals surface area contributed by atoms with Crippen molar-refractivity contribution in [2.75, 3.05) is 24.5 Å². The molecule has 2 aliphatic heterocycles. The van der Waals surface area contributed by atoms with Crippen LogP contribution in [0.2, 0.25) is 0 Å². The van der Waals surface area contributed by atoms with Gasteiger partial charge in [-0.3, -0.25) is 9.59 Å². The van der Waals surface area contributed by atoms with Crippen LogP contribution in [-0.4, -0.2) is 25.7 Å². The number of thiophene rings is 1. The van der Waals surface area contributed by atoms with E-state index >= 15 is 0 Å². The molecule has 1 unspecified atom stereocenters. The molecule has 3 heterocycles. The van der Waals surface area contributed by atoms with Crippen molar-refractivity contribution in [3.05, 3.63) is 64.0 Å². The first kappa shape index (κ1) is 19.4. The first-order chi connectivity index (χ1) is 15.0. The zero-order valence-corrected chi connectivity index (χ0v) is 17.8. The number of hydrogen-bond donors (Lipinski definition) is 2. The van der Waals surface area contributed by atoms with Gasteiger partial charge >= 0.3 is 0 Å². The maximum absolute atomic E-state index is 13.0. The zero-order valence-electron chi connectivity index (χ0n) is 17.0. The van der Waals surface area contributed by atoms with Crippen LogP contribution in [0.1, 0.15) is 38.7 Å². The predicted molar refractivity (Wildman–Crippen MR) is 118 cm³/mol. The molecule has 8 heteroatoms. The Morgan fingerprint density at radius 1 is 1.16 bits per heavy atom. The Morgan fingerprint density at radius 2 is 1.94 bits per heavy atom. The smallest absolute Gasteiger partial charge is 0.266 e. The minimum Gasteiger partial charge on any atom is -0.497 e. The lowest BCUT2D eigenvalue weighted by molar-refractivity contribution is -0.116. The van der Waals surface area contributed by atoms with Gasteiger partial charge in [0.1, 0.15) is 5.75 Å². The molecule has 158 valence electrons. The summed E-state index contributed by atoms with van der Waals surface area (Å²) in [5.74, 6) is 1.66. The lowest BCUT2D eigenvalue weighted by atomic mass is 9.84. The van der Waals surface area contributed by atoms with Crippen LogP contribution in [0.25, 0.3) is 0 Å². The molecule has 1 aromatic heterocycles. The van der Waals surface area contributed by atoms with E-state index in [-0.39, 0.29) is 24.5 Å². The molecular weight excluding hydrogens is 416 g/mol. The number of rotatable bonds is 4. The van der Waals surface area contributed by atoms with Gasteiger partial charge in [-0.1, -0.05) is 6.07 Å². The average Bonchev–Trinajstić information content (AvgIpc) is 3.37. The van der Waals surface area contributed by atoms with Crippen LogP contribution < -0.4 is 24.8 Å². The Kier molecular flexibility index (Phi) is 4.78. The molecule has 3 aromatic rings. The van der Waals surface area contributed by atoms with Gasteiger partial charge in [0.05, 0.1) is 17.0 Å². The van der Waals surface area contributed by atoms with Crippen LogP contribution in [0, 0.1) is 6.92 Å². The normalized spacial score (nSPS) is 16.5. The first-order valence-electron chi connectivity index (χ1n) is 9.81. The molecule has 2 aromatic carbocycles. The van der Waals surface area contributed by atoms with E-state index in [0.717, 1.165) is 27.4 Å². The van der Waals surface area contributed by atoms with Crippen molar-refractivity contribution in [2.24, 2.45) is 0 Å². The molecular formula is C23H20N2O5S. The Labute approximate surface area is 182 Å². The molecule has 2 amide bonds. The van der Waals surface area contributed by atoms with E-state index in [4.69, 9.17) is 14.2 Å². The third kappa shape index (κ3) is 3.48. The molecule has 1 atom stereocenters. The Bertz CT molecular complexity index is 1190. The van der Waals surface area contributed by atoms with Crippen molar-refractivity contribution in [1.82, 2.24) is 0 Å². The maximum atomic E-state index is 13.0. The van der Waals surface area contributed by atoms with Gasteiger partial charge in [-0.15, -0.1) is 11.3 Å². The highest BCUT2D eigenvalue weighted by molar-refractivity contribution is 7.18. The third-order valence-electron chi connectivity index (χ3n) is 5.54. The second kappa shape index (κ2) is 7.63. The SMILES string of the molecule is COc1ccc(NC(=O)c2sc3c(c2C)C(c2ccc4c(c2)OCO4)CC(=O)N3)cc1. The van der Waals surface area contributed by atoms with Crippen molar-refractivity contribution < 1.29 is 23.8 Å². The van der Waals surface area contributed by atoms with Crippen LogP contribution in [0.4, 0.5) is 10.7 Å². The summed E-state index contributed by atoms with van der Waals surface area (Å²) < 4.78 is 16.1. The molecule has 0 radical (unpaired) electrons. The number of carbonyl (C=O) groups is 2. The summed E-state index contributed by atoms with van der Waals surface area (Å²) in [6.45, 7) is 2.12. The molecule has 31 heavy (non-hydrogen) atoms. The number of benzene rings is 2. The summed E-state index contributed by atoms with van der Waals surface area (Å²) >= 11 is 1.30. The topological polar surface area (TPSA) is 85.9 Å². The van der Waals surface area contributed by atoms with Crippen molar-refractivity contribution >= 4 is 33.8 Å². The number of amides is 2. The Balaban J connectivity index is 1.47. The van der Waals surface area contributed by atoms with Crippen LogP contribution in [0.15, 0.2) is 42.5 Å². The van der Waals surface area contributed by atoms with Gasteiger partial charge in [0.25, 0.3) is 5.91 Å². The molecule has 2 N–H and O–H groups in total. The standard InChI is InChI=1S/C23H20N2O5S/c1-12-20-16(13-3-8-17-18(9-13)30-11-29-17)10-19(26)25-23(20)31-21(12)22(27)24-14-4-6-15(28-2)7-5-14/h3-9,16H,10-11H2,1-2H3,(H,24,27)(H,25,26). The maximum Gasteiger partial charge on any atom is 0.266 e. The highest BCUT2D eigenvalue weighted by Gasteiger charge is 2.33. The molecule has 0 bridgehead atoms. The minimum absolute atomic E-state index is 0.0708. The summed E-state index contributed by atoms with van der Waals surface area (Å²) in [6, 6.07) is 12.9. The fourth-order valence-electron chi connectivity index (χ4n) is 4.00. The molecule has 5 rings (SSSR count). The quantitative estimate of drug-likeness (QED) is 0.628. The van der Waals surface area contributed by atoms with E-state index in [1.165, 1.54) is 11.3 Å². The number of anilines is 2. The van der Waals surface area contributed by atoms with E-state index in [9.17, 15) is 9.59 Å². The van der Waals surface area contributed by atoms with Crippen LogP contribution >= 0.6 is 11.3 Å². The van der Waals surface area contributed by atoms with Crippen LogP contribution in [-0.2, 0) is 4.79 Å². The van der Waals surface area contributed by atoms with Gasteiger partial charge < -0.3 is 24.8 Å². The van der Waals surface area contributed by atoms with E-state index < -0.39 is 0 Å². The van der Waals surface area contributed by atoms with Crippen LogP contribution in [0.5, 0.6) is 17.2 Å². The lowest BCUT2D eigenvalue weighted by Crippen LogP contribution is -2.22. The second-order valence-corrected chi connectivity index (χ2v) is 8.42. The van der Waals surface area contributed by atoms with E-state index in [0.29, 0.717) is 28.5 Å². The lowest BCUT2D eigenvalue weighted by Gasteiger charge is -2.24. The average molecular weight is 436 g/mol. The molecule has 0 saturated heterocycles. The number of fused-ring (bicyclic) bond motifs is 2. The van der Waals surface area contributed by atoms with Gasteiger partial charge in [0.2, 0.25) is 12.7 Å².